The molecule has 0 aliphatic rings. The molecule has 212 valence electrons. The van der Waals surface area contributed by atoms with Gasteiger partial charge in [0.1, 0.15) is 24.9 Å². The molecular formula is C32H29O8S-. The minimum absolute atomic E-state index is 0.0434. The third kappa shape index (κ3) is 10.8. The number of carbonyl (C=O) groups is 3. The topological polar surface area (TPSA) is 127 Å². The number of carbonyl (C=O) groups excluding carboxylic acids is 3. The molecule has 0 unspecified atom stereocenters. The molecule has 3 aromatic rings. The molecule has 0 spiro atoms. The molecule has 0 radical (unpaired) electrons. The van der Waals surface area contributed by atoms with Gasteiger partial charge in [-0.15, -0.1) is 0 Å². The highest BCUT2D eigenvalue weighted by atomic mass is 32.2. The van der Waals surface area contributed by atoms with E-state index in [1.165, 1.54) is 13.8 Å². The van der Waals surface area contributed by atoms with Gasteiger partial charge in [-0.3, -0.25) is 9.59 Å². The third-order valence-corrected chi connectivity index (χ3v) is 6.07. The Hall–Kier alpha value is -4.70. The number of Topliss-reactive ketones (excluding diaryl/α,β-unsaturated/α-hetero) is 2. The molecule has 0 aromatic heterocycles. The maximum atomic E-state index is 11.5. The quantitative estimate of drug-likeness (QED) is 0.209. The lowest BCUT2D eigenvalue weighted by molar-refractivity contribution is -0.0980. The zero-order valence-corrected chi connectivity index (χ0v) is 23.8. The van der Waals surface area contributed by atoms with Crippen molar-refractivity contribution in [3.63, 3.8) is 0 Å². The molecule has 0 saturated heterocycles. The van der Waals surface area contributed by atoms with Crippen LogP contribution in [0.1, 0.15) is 70.2 Å². The third-order valence-electron chi connectivity index (χ3n) is 5.40. The van der Waals surface area contributed by atoms with Gasteiger partial charge in [-0.2, -0.15) is 0 Å². The predicted octanol–water partition coefficient (Wildman–Crippen LogP) is 4.42. The van der Waals surface area contributed by atoms with Crippen LogP contribution in [0.4, 0.5) is 0 Å². The van der Waals surface area contributed by atoms with Crippen molar-refractivity contribution >= 4 is 28.5 Å². The number of hydrogen-bond acceptors (Lipinski definition) is 8. The molecule has 0 saturated carbocycles. The van der Waals surface area contributed by atoms with Crippen molar-refractivity contribution < 1.29 is 36.8 Å². The second-order valence-electron chi connectivity index (χ2n) is 8.57. The second-order valence-corrected chi connectivity index (χ2v) is 10.1. The van der Waals surface area contributed by atoms with Crippen molar-refractivity contribution in [2.75, 3.05) is 19.0 Å². The molecule has 9 heteroatoms. The smallest absolute Gasteiger partial charge is 0.159 e. The van der Waals surface area contributed by atoms with Gasteiger partial charge in [-0.05, 0) is 44.5 Å². The summed E-state index contributed by atoms with van der Waals surface area (Å²) < 4.78 is 44.9. The van der Waals surface area contributed by atoms with Gasteiger partial charge in [0.2, 0.25) is 0 Å². The molecule has 0 heterocycles. The van der Waals surface area contributed by atoms with Crippen molar-refractivity contribution in [1.82, 2.24) is 0 Å². The Bertz CT molecular complexity index is 1600. The lowest BCUT2D eigenvalue weighted by Gasteiger charge is -2.14. The van der Waals surface area contributed by atoms with Crippen LogP contribution in [0, 0.1) is 23.7 Å². The Morgan fingerprint density at radius 3 is 1.46 bits per heavy atom. The minimum atomic E-state index is -4.48. The number of benzene rings is 3. The summed E-state index contributed by atoms with van der Waals surface area (Å²) in [6.07, 6.45) is 0.752. The zero-order valence-electron chi connectivity index (χ0n) is 23.0. The predicted molar refractivity (Wildman–Crippen MR) is 154 cm³/mol. The van der Waals surface area contributed by atoms with E-state index in [1.54, 1.807) is 60.7 Å². The summed E-state index contributed by atoms with van der Waals surface area (Å²) >= 11 is 0. The van der Waals surface area contributed by atoms with Crippen LogP contribution in [-0.4, -0.2) is 50.3 Å². The van der Waals surface area contributed by atoms with Crippen LogP contribution in [-0.2, 0) is 14.9 Å². The molecule has 0 bridgehead atoms. The molecule has 0 atom stereocenters. The average Bonchev–Trinajstić information content (AvgIpc) is 2.95. The fraction of sp³-hybridized carbons (Fsp3) is 0.219. The Morgan fingerprint density at radius 1 is 0.732 bits per heavy atom. The van der Waals surface area contributed by atoms with Crippen molar-refractivity contribution in [2.45, 2.75) is 27.2 Å². The SMILES string of the molecule is C=O.CCCOc1cc(C#Cc2ccc(C(C)=O)cc2)c(OCCS(=O)(=O)[O-])cc1C#Cc1ccc(C(C)=O)cc1. The highest BCUT2D eigenvalue weighted by Gasteiger charge is 2.11. The van der Waals surface area contributed by atoms with Crippen molar-refractivity contribution in [2.24, 2.45) is 0 Å². The van der Waals surface area contributed by atoms with Crippen LogP contribution in [0.2, 0.25) is 0 Å². The Labute approximate surface area is 240 Å². The summed E-state index contributed by atoms with van der Waals surface area (Å²) in [5.41, 5.74) is 3.38. The maximum absolute atomic E-state index is 11.5. The van der Waals surface area contributed by atoms with E-state index >= 15 is 0 Å². The van der Waals surface area contributed by atoms with Crippen LogP contribution in [0.15, 0.2) is 60.7 Å². The maximum Gasteiger partial charge on any atom is 0.159 e. The van der Waals surface area contributed by atoms with Gasteiger partial charge in [0.15, 0.2) is 11.6 Å². The highest BCUT2D eigenvalue weighted by molar-refractivity contribution is 7.85. The molecule has 0 amide bonds. The lowest BCUT2D eigenvalue weighted by Crippen LogP contribution is -2.13. The van der Waals surface area contributed by atoms with Crippen LogP contribution in [0.5, 0.6) is 11.5 Å². The minimum Gasteiger partial charge on any atom is -0.748 e. The fourth-order valence-electron chi connectivity index (χ4n) is 3.32. The number of ether oxygens (including phenoxy) is 2. The van der Waals surface area contributed by atoms with E-state index in [0.29, 0.717) is 45.7 Å². The first-order chi connectivity index (χ1) is 19.6. The molecule has 41 heavy (non-hydrogen) atoms. The molecule has 0 N–H and O–H groups in total. The summed E-state index contributed by atoms with van der Waals surface area (Å²) in [4.78, 5) is 31.1. The van der Waals surface area contributed by atoms with Crippen LogP contribution in [0.25, 0.3) is 0 Å². The van der Waals surface area contributed by atoms with E-state index in [4.69, 9.17) is 14.3 Å². The summed E-state index contributed by atoms with van der Waals surface area (Å²) in [5, 5.41) is 0. The van der Waals surface area contributed by atoms with Crippen LogP contribution >= 0.6 is 0 Å². The molecule has 3 rings (SSSR count). The number of ketones is 2. The summed E-state index contributed by atoms with van der Waals surface area (Å²) in [6.45, 7) is 7.01. The van der Waals surface area contributed by atoms with Crippen molar-refractivity contribution in [3.8, 4) is 35.2 Å². The van der Waals surface area contributed by atoms with Crippen molar-refractivity contribution in [3.05, 3.63) is 94.0 Å². The molecule has 0 aliphatic carbocycles. The van der Waals surface area contributed by atoms with Gasteiger partial charge in [0.05, 0.1) is 33.6 Å². The summed E-state index contributed by atoms with van der Waals surface area (Å²) in [6, 6.07) is 16.9. The Balaban J connectivity index is 0.00000287. The van der Waals surface area contributed by atoms with E-state index in [2.05, 4.69) is 23.7 Å². The summed E-state index contributed by atoms with van der Waals surface area (Å²) in [5.74, 6) is 12.0. The molecule has 0 aliphatic heterocycles. The Kier molecular flexibility index (Phi) is 12.5. The average molecular weight is 574 g/mol. The van der Waals surface area contributed by atoms with E-state index in [0.717, 1.165) is 6.42 Å². The van der Waals surface area contributed by atoms with E-state index < -0.39 is 15.9 Å². The lowest BCUT2D eigenvalue weighted by atomic mass is 10.1. The standard InChI is InChI=1S/C31H28O7S.CH2O/c1-4-17-37-30-20-29(16-10-25-7-13-27(14-8-25)23(3)33)31(38-18-19-39(34,35)36)21-28(30)15-9-24-5-11-26(12-6-24)22(2)32;1-2/h5-8,11-14,20-21H,4,17-19H2,1-3H3,(H,34,35,36);1H2/p-1. The van der Waals surface area contributed by atoms with Gasteiger partial charge in [0, 0.05) is 34.4 Å². The number of rotatable bonds is 9. The van der Waals surface area contributed by atoms with Gasteiger partial charge < -0.3 is 18.8 Å². The Morgan fingerprint density at radius 2 is 1.12 bits per heavy atom. The van der Waals surface area contributed by atoms with Gasteiger partial charge >= 0.3 is 0 Å². The van der Waals surface area contributed by atoms with Crippen molar-refractivity contribution in [1.29, 1.82) is 0 Å². The normalized spacial score (nSPS) is 10.0. The fourth-order valence-corrected chi connectivity index (χ4v) is 3.60. The first kappa shape index (κ1) is 32.5. The van der Waals surface area contributed by atoms with Gasteiger partial charge in [-0.25, -0.2) is 8.42 Å². The van der Waals surface area contributed by atoms with E-state index in [1.807, 2.05) is 13.7 Å². The molecular weight excluding hydrogens is 544 g/mol. The van der Waals surface area contributed by atoms with Crippen LogP contribution < -0.4 is 9.47 Å². The molecule has 3 aromatic carbocycles. The van der Waals surface area contributed by atoms with Gasteiger partial charge in [0.25, 0.3) is 0 Å². The monoisotopic (exact) mass is 573 g/mol. The van der Waals surface area contributed by atoms with E-state index in [9.17, 15) is 22.6 Å². The zero-order chi connectivity index (χ0) is 30.4. The van der Waals surface area contributed by atoms with E-state index in [-0.39, 0.29) is 23.9 Å². The first-order valence-corrected chi connectivity index (χ1v) is 14.1. The second kappa shape index (κ2) is 15.8. The largest absolute Gasteiger partial charge is 0.748 e. The summed E-state index contributed by atoms with van der Waals surface area (Å²) in [7, 11) is -4.48. The van der Waals surface area contributed by atoms with Crippen LogP contribution in [0.3, 0.4) is 0 Å². The van der Waals surface area contributed by atoms with Gasteiger partial charge in [-0.1, -0.05) is 54.9 Å². The molecule has 8 nitrogen and oxygen atoms in total. The molecule has 0 fully saturated rings. The highest BCUT2D eigenvalue weighted by Crippen LogP contribution is 2.29. The first-order valence-electron chi connectivity index (χ1n) is 12.5. The number of hydrogen-bond donors (Lipinski definition) is 0.